The minimum atomic E-state index is 0.220. The number of para-hydroxylation sites is 3. The highest BCUT2D eigenvalue weighted by Crippen LogP contribution is 2.44. The van der Waals surface area contributed by atoms with Crippen molar-refractivity contribution in [2.45, 2.75) is 25.2 Å². The molecule has 1 unspecified atom stereocenters. The van der Waals surface area contributed by atoms with Gasteiger partial charge in [0.2, 0.25) is 0 Å². The third kappa shape index (κ3) is 7.40. The zero-order valence-electron chi connectivity index (χ0n) is 42.4. The standard InChI is InChI=1S/C72H48N2O4/c1-3-15-51(16-4-1)73(55-19-11-13-47(37-55)49-29-35-67-59(39-49)63-43-69-61(41-71(63)77-67)57-21-7-9-23-65(57)75-69)53-31-25-45(26-32-53)46-27-33-54(34-28-46)74(52-17-5-2-6-18-52)56-20-12-14-48(38-56)50-30-36-68-60(40-50)64-44-70-62(42-72(64)78-68)58-22-8-10-24-66(58)76-70/h1-7,9-21,23-27,29-44,46H,8,22,28H2. The molecule has 0 fully saturated rings. The van der Waals surface area contributed by atoms with Crippen molar-refractivity contribution in [3.63, 3.8) is 0 Å². The molecule has 0 saturated carbocycles. The van der Waals surface area contributed by atoms with Gasteiger partial charge in [0.25, 0.3) is 0 Å². The summed E-state index contributed by atoms with van der Waals surface area (Å²) in [5.41, 5.74) is 19.8. The molecule has 1 atom stereocenters. The molecule has 2 aliphatic rings. The van der Waals surface area contributed by atoms with Crippen LogP contribution in [0.25, 0.3) is 105 Å². The number of nitrogens with zero attached hydrogens (tertiary/aromatic N) is 2. The van der Waals surface area contributed by atoms with Crippen LogP contribution in [0.1, 0.15) is 35.6 Å². The van der Waals surface area contributed by atoms with Crippen LogP contribution in [0.4, 0.5) is 28.4 Å². The molecule has 2 aliphatic carbocycles. The van der Waals surface area contributed by atoms with E-state index in [0.717, 1.165) is 158 Å². The molecular weight excluding hydrogens is 957 g/mol. The number of furan rings is 4. The van der Waals surface area contributed by atoms with E-state index in [4.69, 9.17) is 17.7 Å². The van der Waals surface area contributed by atoms with Gasteiger partial charge in [-0.05, 0) is 174 Å². The molecule has 6 nitrogen and oxygen atoms in total. The highest BCUT2D eigenvalue weighted by molar-refractivity contribution is 6.15. The number of hydrogen-bond donors (Lipinski definition) is 0. The Morgan fingerprint density at radius 2 is 0.846 bits per heavy atom. The second-order valence-electron chi connectivity index (χ2n) is 20.7. The van der Waals surface area contributed by atoms with Crippen molar-refractivity contribution in [3.05, 3.63) is 265 Å². The van der Waals surface area contributed by atoms with E-state index in [2.05, 4.69) is 240 Å². The quantitative estimate of drug-likeness (QED) is 0.144. The Hall–Kier alpha value is -10.0. The summed E-state index contributed by atoms with van der Waals surface area (Å²) in [7, 11) is 0. The van der Waals surface area contributed by atoms with Gasteiger partial charge in [0.05, 0.1) is 0 Å². The van der Waals surface area contributed by atoms with E-state index in [9.17, 15) is 0 Å². The molecule has 16 rings (SSSR count). The van der Waals surface area contributed by atoms with Crippen molar-refractivity contribution in [1.82, 2.24) is 0 Å². The number of anilines is 5. The second-order valence-corrected chi connectivity index (χ2v) is 20.7. The first-order chi connectivity index (χ1) is 38.6. The van der Waals surface area contributed by atoms with Crippen LogP contribution in [0.15, 0.2) is 266 Å². The summed E-state index contributed by atoms with van der Waals surface area (Å²) in [6.07, 6.45) is 14.2. The van der Waals surface area contributed by atoms with Crippen LogP contribution in [0, 0.1) is 0 Å². The van der Waals surface area contributed by atoms with Crippen LogP contribution in [0.3, 0.4) is 0 Å². The molecule has 4 heterocycles. The average Bonchev–Trinajstić information content (AvgIpc) is 4.43. The minimum Gasteiger partial charge on any atom is -0.456 e. The summed E-state index contributed by atoms with van der Waals surface area (Å²) in [6, 6.07) is 77.9. The lowest BCUT2D eigenvalue weighted by Gasteiger charge is -2.29. The van der Waals surface area contributed by atoms with Crippen molar-refractivity contribution in [2.75, 3.05) is 9.80 Å². The van der Waals surface area contributed by atoms with Gasteiger partial charge in [0.1, 0.15) is 44.8 Å². The summed E-state index contributed by atoms with van der Waals surface area (Å²) in [4.78, 5) is 4.71. The summed E-state index contributed by atoms with van der Waals surface area (Å²) < 4.78 is 25.5. The Labute approximate surface area is 449 Å². The molecule has 0 spiro atoms. The zero-order valence-corrected chi connectivity index (χ0v) is 42.4. The van der Waals surface area contributed by atoms with Crippen molar-refractivity contribution in [3.8, 4) is 22.3 Å². The Balaban J connectivity index is 0.682. The number of benzene rings is 10. The van der Waals surface area contributed by atoms with Crippen LogP contribution in [-0.4, -0.2) is 0 Å². The third-order valence-corrected chi connectivity index (χ3v) is 16.0. The fraction of sp³-hybridized carbons (Fsp3) is 0.0556. The maximum absolute atomic E-state index is 6.46. The van der Waals surface area contributed by atoms with E-state index >= 15 is 0 Å². The highest BCUT2D eigenvalue weighted by Gasteiger charge is 2.23. The summed E-state index contributed by atoms with van der Waals surface area (Å²) in [5, 5.41) is 7.56. The first-order valence-corrected chi connectivity index (χ1v) is 26.9. The molecule has 0 amide bonds. The van der Waals surface area contributed by atoms with Gasteiger partial charge in [-0.15, -0.1) is 0 Å². The van der Waals surface area contributed by atoms with Crippen molar-refractivity contribution < 1.29 is 17.7 Å². The highest BCUT2D eigenvalue weighted by atomic mass is 16.3. The maximum Gasteiger partial charge on any atom is 0.136 e. The van der Waals surface area contributed by atoms with E-state index < -0.39 is 0 Å². The predicted octanol–water partition coefficient (Wildman–Crippen LogP) is 20.7. The van der Waals surface area contributed by atoms with Crippen LogP contribution in [-0.2, 0) is 6.42 Å². The monoisotopic (exact) mass is 1000 g/mol. The molecule has 0 radical (unpaired) electrons. The van der Waals surface area contributed by atoms with Gasteiger partial charge >= 0.3 is 0 Å². The molecule has 4 aromatic heterocycles. The minimum absolute atomic E-state index is 0.220. The van der Waals surface area contributed by atoms with Gasteiger partial charge in [-0.25, -0.2) is 0 Å². The Bertz CT molecular complexity index is 4780. The van der Waals surface area contributed by atoms with Gasteiger partial charge in [-0.2, -0.15) is 0 Å². The molecule has 10 aromatic carbocycles. The van der Waals surface area contributed by atoms with Crippen LogP contribution in [0.2, 0.25) is 0 Å². The fourth-order valence-electron chi connectivity index (χ4n) is 12.2. The zero-order chi connectivity index (χ0) is 51.3. The smallest absolute Gasteiger partial charge is 0.136 e. The van der Waals surface area contributed by atoms with Gasteiger partial charge in [0, 0.05) is 83.3 Å². The number of allylic oxidation sites excluding steroid dienone is 4. The first-order valence-electron chi connectivity index (χ1n) is 26.9. The lowest BCUT2D eigenvalue weighted by Crippen LogP contribution is -2.17. The topological polar surface area (TPSA) is 59.0 Å². The van der Waals surface area contributed by atoms with Crippen molar-refractivity contribution in [1.29, 1.82) is 0 Å². The predicted molar refractivity (Wildman–Crippen MR) is 321 cm³/mol. The molecule has 14 aromatic rings. The third-order valence-electron chi connectivity index (χ3n) is 16.0. The van der Waals surface area contributed by atoms with E-state index in [-0.39, 0.29) is 5.92 Å². The second kappa shape index (κ2) is 17.8. The maximum atomic E-state index is 6.46. The van der Waals surface area contributed by atoms with E-state index in [0.29, 0.717) is 0 Å². The van der Waals surface area contributed by atoms with Gasteiger partial charge in [0.15, 0.2) is 0 Å². The first kappa shape index (κ1) is 44.3. The summed E-state index contributed by atoms with van der Waals surface area (Å²) >= 11 is 0. The molecule has 6 heteroatoms. The largest absolute Gasteiger partial charge is 0.456 e. The van der Waals surface area contributed by atoms with Crippen molar-refractivity contribution in [2.24, 2.45) is 0 Å². The number of hydrogen-bond acceptors (Lipinski definition) is 6. The molecular formula is C72H48N2O4. The molecule has 0 bridgehead atoms. The molecule has 370 valence electrons. The number of fused-ring (bicyclic) bond motifs is 12. The molecule has 0 saturated heterocycles. The molecule has 0 aliphatic heterocycles. The fourth-order valence-corrected chi connectivity index (χ4v) is 12.2. The number of rotatable bonds is 9. The van der Waals surface area contributed by atoms with Crippen molar-refractivity contribution >= 4 is 111 Å². The van der Waals surface area contributed by atoms with Crippen LogP contribution in [0.5, 0.6) is 0 Å². The van der Waals surface area contributed by atoms with E-state index in [1.165, 1.54) is 11.1 Å². The Morgan fingerprint density at radius 1 is 0.346 bits per heavy atom. The van der Waals surface area contributed by atoms with Crippen LogP contribution >= 0.6 is 0 Å². The normalized spacial score (nSPS) is 14.4. The molecule has 0 N–H and O–H groups in total. The van der Waals surface area contributed by atoms with E-state index in [1.807, 2.05) is 18.2 Å². The molecule has 78 heavy (non-hydrogen) atoms. The Morgan fingerprint density at radius 3 is 1.47 bits per heavy atom. The van der Waals surface area contributed by atoms with Crippen LogP contribution < -0.4 is 9.80 Å². The SMILES string of the molecule is C1=Cc2oc3cc4c(cc3c2CC1)oc1ccc(-c2cccc(N(C3=CCC(c5ccc(N(c6ccccc6)c6cccc(-c7ccc8oc9cc%10c(cc9c8c7)oc7ccccc7%10)c6)cc5)C=C3)c3ccccc3)c2)cc14. The lowest BCUT2D eigenvalue weighted by molar-refractivity contribution is 0.595. The van der Waals surface area contributed by atoms with Gasteiger partial charge in [-0.1, -0.05) is 121 Å². The van der Waals surface area contributed by atoms with Gasteiger partial charge in [-0.3, -0.25) is 0 Å². The average molecular weight is 1010 g/mol. The van der Waals surface area contributed by atoms with Gasteiger partial charge < -0.3 is 27.5 Å². The summed E-state index contributed by atoms with van der Waals surface area (Å²) in [6.45, 7) is 0. The summed E-state index contributed by atoms with van der Waals surface area (Å²) in [5.74, 6) is 1.19. The lowest BCUT2D eigenvalue weighted by atomic mass is 9.91. The Kier molecular flexibility index (Phi) is 10.1. The number of aryl methyl sites for hydroxylation is 1. The van der Waals surface area contributed by atoms with E-state index in [1.54, 1.807) is 0 Å².